The molecule has 0 aliphatic carbocycles. The molecule has 2 unspecified atom stereocenters. The number of carboxylic acids is 1. The van der Waals surface area contributed by atoms with Crippen LogP contribution in [0.3, 0.4) is 0 Å². The monoisotopic (exact) mass is 833 g/mol. The van der Waals surface area contributed by atoms with E-state index in [0.29, 0.717) is 18.6 Å². The molecular weight excluding hydrogens is 729 g/mol. The van der Waals surface area contributed by atoms with E-state index in [-0.39, 0.29) is 18.8 Å². The number of carbonyl (C=O) groups is 3. The third kappa shape index (κ3) is 37.1. The van der Waals surface area contributed by atoms with E-state index < -0.39 is 17.4 Å². The lowest BCUT2D eigenvalue weighted by atomic mass is 9.88. The molecule has 0 rings (SSSR count). The highest BCUT2D eigenvalue weighted by Gasteiger charge is 2.42. The maximum Gasteiger partial charge on any atom is 0.343 e. The summed E-state index contributed by atoms with van der Waals surface area (Å²) in [6.07, 6.45) is 50.8. The lowest BCUT2D eigenvalue weighted by Gasteiger charge is -2.22. The highest BCUT2D eigenvalue weighted by Crippen LogP contribution is 2.25. The molecule has 0 aliphatic heterocycles. The van der Waals surface area contributed by atoms with Gasteiger partial charge >= 0.3 is 5.97 Å². The van der Waals surface area contributed by atoms with E-state index in [0.717, 1.165) is 83.0 Å². The van der Waals surface area contributed by atoms with Gasteiger partial charge in [0.05, 0.1) is 0 Å². The molecule has 2 atom stereocenters. The van der Waals surface area contributed by atoms with Gasteiger partial charge in [-0.05, 0) is 44.4 Å². The zero-order chi connectivity index (χ0) is 43.5. The van der Waals surface area contributed by atoms with Gasteiger partial charge in [-0.25, -0.2) is 4.79 Å². The number of carbonyl (C=O) groups excluding carboxylic acids is 2. The van der Waals surface area contributed by atoms with E-state index >= 15 is 0 Å². The van der Waals surface area contributed by atoms with Gasteiger partial charge in [0, 0.05) is 18.8 Å². The fourth-order valence-electron chi connectivity index (χ4n) is 8.99. The number of rotatable bonds is 49. The van der Waals surface area contributed by atoms with Crippen LogP contribution in [0.4, 0.5) is 0 Å². The predicted octanol–water partition coefficient (Wildman–Crippen LogP) is 17.4. The second-order valence-electron chi connectivity index (χ2n) is 19.5. The third-order valence-electron chi connectivity index (χ3n) is 13.2. The number of aliphatic hydroxyl groups is 1. The Morgan fingerprint density at radius 2 is 0.678 bits per heavy atom. The molecule has 350 valence electrons. The summed E-state index contributed by atoms with van der Waals surface area (Å²) >= 11 is 0. The van der Waals surface area contributed by atoms with E-state index in [9.17, 15) is 24.6 Å². The molecule has 0 heterocycles. The molecule has 2 N–H and O–H groups in total. The van der Waals surface area contributed by atoms with Crippen LogP contribution in [0, 0.1) is 11.8 Å². The van der Waals surface area contributed by atoms with Gasteiger partial charge < -0.3 is 10.2 Å². The van der Waals surface area contributed by atoms with Gasteiger partial charge in [-0.3, -0.25) is 9.59 Å². The van der Waals surface area contributed by atoms with E-state index in [1.807, 2.05) is 0 Å². The quantitative estimate of drug-likeness (QED) is 0.0471. The molecule has 0 aromatic carbocycles. The van der Waals surface area contributed by atoms with Crippen LogP contribution in [0.15, 0.2) is 0 Å². The summed E-state index contributed by atoms with van der Waals surface area (Å²) in [4.78, 5) is 38.0. The highest BCUT2D eigenvalue weighted by atomic mass is 16.4. The lowest BCUT2D eigenvalue weighted by molar-refractivity contribution is -0.166. The van der Waals surface area contributed by atoms with E-state index in [1.54, 1.807) is 0 Å². The Morgan fingerprint density at radius 1 is 0.390 bits per heavy atom. The van der Waals surface area contributed by atoms with Gasteiger partial charge in [0.2, 0.25) is 5.60 Å². The molecule has 0 spiro atoms. The topological polar surface area (TPSA) is 91.7 Å². The summed E-state index contributed by atoms with van der Waals surface area (Å²) in [5, 5.41) is 20.6. The predicted molar refractivity (Wildman–Crippen MR) is 255 cm³/mol. The van der Waals surface area contributed by atoms with Crippen molar-refractivity contribution in [3.63, 3.8) is 0 Å². The molecule has 0 amide bonds. The second kappa shape index (κ2) is 43.4. The van der Waals surface area contributed by atoms with Crippen LogP contribution in [-0.2, 0) is 14.4 Å². The van der Waals surface area contributed by atoms with Crippen molar-refractivity contribution >= 4 is 17.5 Å². The van der Waals surface area contributed by atoms with E-state index in [2.05, 4.69) is 27.7 Å². The Hall–Kier alpha value is -1.23. The highest BCUT2D eigenvalue weighted by molar-refractivity contribution is 6.06. The molecule has 5 heteroatoms. The summed E-state index contributed by atoms with van der Waals surface area (Å²) < 4.78 is 0. The first kappa shape index (κ1) is 57.8. The number of Topliss-reactive ketones (excluding diaryl/α,β-unsaturated/α-hetero) is 2. The average Bonchev–Trinajstić information content (AvgIpc) is 3.21. The van der Waals surface area contributed by atoms with Crippen molar-refractivity contribution < 1.29 is 24.6 Å². The number of hydrogen-bond acceptors (Lipinski definition) is 4. The first-order valence-corrected chi connectivity index (χ1v) is 26.7. The molecule has 0 aromatic heterocycles. The van der Waals surface area contributed by atoms with Crippen LogP contribution in [0.2, 0.25) is 0 Å². The van der Waals surface area contributed by atoms with Gasteiger partial charge in [-0.1, -0.05) is 259 Å². The largest absolute Gasteiger partial charge is 0.479 e. The zero-order valence-corrected chi connectivity index (χ0v) is 40.4. The van der Waals surface area contributed by atoms with Crippen LogP contribution in [-0.4, -0.2) is 33.3 Å². The standard InChI is InChI=1S/C54H104O5/c1-5-7-9-11-12-13-14-15-16-17-21-24-29-34-40-46-51(55)50(44-38-10-8-6-2)45-39-33-28-26-31-36-42-48-54(59,53(57)58)52(56)47-41-35-30-25-22-19-18-20-23-27-32-37-43-49(3)4/h49-50,59H,5-48H2,1-4H3,(H,57,58). The summed E-state index contributed by atoms with van der Waals surface area (Å²) in [5.74, 6) is -0.336. The SMILES string of the molecule is CCCCCCCCCCCCCCCCCC(=O)C(CCCCCC)CCCCCCCCCC(O)(C(=O)O)C(=O)CCCCCCCCCCCCCCC(C)C. The summed E-state index contributed by atoms with van der Waals surface area (Å²) in [7, 11) is 0. The number of aliphatic carboxylic acids is 1. The number of unbranched alkanes of at least 4 members (excludes halogenated alkanes) is 34. The van der Waals surface area contributed by atoms with Crippen molar-refractivity contribution in [1.29, 1.82) is 0 Å². The van der Waals surface area contributed by atoms with Gasteiger partial charge in [-0.15, -0.1) is 0 Å². The lowest BCUT2D eigenvalue weighted by Crippen LogP contribution is -2.46. The summed E-state index contributed by atoms with van der Waals surface area (Å²) in [6, 6.07) is 0. The van der Waals surface area contributed by atoms with Crippen LogP contribution < -0.4 is 0 Å². The third-order valence-corrected chi connectivity index (χ3v) is 13.2. The van der Waals surface area contributed by atoms with Crippen molar-refractivity contribution in [2.24, 2.45) is 11.8 Å². The maximum absolute atomic E-state index is 13.3. The molecule has 5 nitrogen and oxygen atoms in total. The van der Waals surface area contributed by atoms with Crippen molar-refractivity contribution in [2.75, 3.05) is 0 Å². The minimum absolute atomic E-state index is 0.0140. The van der Waals surface area contributed by atoms with Gasteiger partial charge in [0.1, 0.15) is 5.78 Å². The fraction of sp³-hybridized carbons (Fsp3) is 0.944. The Balaban J connectivity index is 4.07. The second-order valence-corrected chi connectivity index (χ2v) is 19.5. The zero-order valence-electron chi connectivity index (χ0n) is 40.4. The molecule has 0 saturated carbocycles. The van der Waals surface area contributed by atoms with E-state index in [1.165, 1.54) is 180 Å². The molecule has 0 aromatic rings. The Morgan fingerprint density at radius 3 is 1.03 bits per heavy atom. The van der Waals surface area contributed by atoms with Gasteiger partial charge in [0.15, 0.2) is 5.78 Å². The maximum atomic E-state index is 13.3. The Kier molecular flexibility index (Phi) is 42.5. The number of ketones is 2. The molecule has 59 heavy (non-hydrogen) atoms. The van der Waals surface area contributed by atoms with Crippen LogP contribution in [0.1, 0.15) is 310 Å². The van der Waals surface area contributed by atoms with E-state index in [4.69, 9.17) is 0 Å². The minimum atomic E-state index is -2.24. The Labute approximate surface area is 368 Å². The minimum Gasteiger partial charge on any atom is -0.479 e. The van der Waals surface area contributed by atoms with Crippen molar-refractivity contribution in [3.05, 3.63) is 0 Å². The fourth-order valence-corrected chi connectivity index (χ4v) is 8.99. The van der Waals surface area contributed by atoms with Crippen molar-refractivity contribution in [2.45, 2.75) is 316 Å². The normalized spacial score (nSPS) is 13.3. The molecule has 0 radical (unpaired) electrons. The van der Waals surface area contributed by atoms with Crippen molar-refractivity contribution in [1.82, 2.24) is 0 Å². The van der Waals surface area contributed by atoms with Gasteiger partial charge in [-0.2, -0.15) is 0 Å². The summed E-state index contributed by atoms with van der Waals surface area (Å²) in [5.41, 5.74) is -2.24. The Bertz CT molecular complexity index is 930. The first-order chi connectivity index (χ1) is 28.7. The molecule has 0 aliphatic rings. The molecule has 0 saturated heterocycles. The molecular formula is C54H104O5. The van der Waals surface area contributed by atoms with Crippen molar-refractivity contribution in [3.8, 4) is 0 Å². The van der Waals surface area contributed by atoms with Crippen LogP contribution >= 0.6 is 0 Å². The van der Waals surface area contributed by atoms with Gasteiger partial charge in [0.25, 0.3) is 0 Å². The number of hydrogen-bond donors (Lipinski definition) is 2. The molecule has 0 bridgehead atoms. The van der Waals surface area contributed by atoms with Crippen LogP contribution in [0.5, 0.6) is 0 Å². The smallest absolute Gasteiger partial charge is 0.343 e. The number of carboxylic acid groups (broad SMARTS) is 1. The summed E-state index contributed by atoms with van der Waals surface area (Å²) in [6.45, 7) is 9.13. The first-order valence-electron chi connectivity index (χ1n) is 26.7. The average molecular weight is 833 g/mol. The molecule has 0 fully saturated rings. The van der Waals surface area contributed by atoms with Crippen LogP contribution in [0.25, 0.3) is 0 Å².